The molecule has 0 saturated heterocycles. The van der Waals surface area contributed by atoms with Gasteiger partial charge in [0.25, 0.3) is 5.56 Å². The van der Waals surface area contributed by atoms with Crippen molar-refractivity contribution in [3.8, 4) is 16.5 Å². The molecule has 0 amide bonds. The number of hydrogen-bond donors (Lipinski definition) is 0. The summed E-state index contributed by atoms with van der Waals surface area (Å²) in [5.41, 5.74) is 1.74. The lowest BCUT2D eigenvalue weighted by atomic mass is 10.2. The summed E-state index contributed by atoms with van der Waals surface area (Å²) in [5.74, 6) is 0.612. The SMILES string of the molecule is C=CCn1c(SCCC#N)nc2cc(-c3ccccc3)sc2c1=O. The molecule has 0 saturated carbocycles. The molecule has 0 aliphatic rings. The predicted octanol–water partition coefficient (Wildman–Crippen LogP) is 4.32. The predicted molar refractivity (Wildman–Crippen MR) is 100 cm³/mol. The smallest absolute Gasteiger partial charge is 0.272 e. The molecule has 0 radical (unpaired) electrons. The average molecular weight is 353 g/mol. The van der Waals surface area contributed by atoms with Crippen molar-refractivity contribution in [1.82, 2.24) is 9.55 Å². The van der Waals surface area contributed by atoms with Gasteiger partial charge < -0.3 is 0 Å². The molecule has 0 spiro atoms. The fourth-order valence-corrected chi connectivity index (χ4v) is 4.23. The first-order chi connectivity index (χ1) is 11.7. The third-order valence-electron chi connectivity index (χ3n) is 3.41. The van der Waals surface area contributed by atoms with Crippen LogP contribution in [0.1, 0.15) is 6.42 Å². The number of nitrogens with zero attached hydrogens (tertiary/aromatic N) is 3. The Hall–Kier alpha value is -2.36. The van der Waals surface area contributed by atoms with Gasteiger partial charge in [0.15, 0.2) is 5.16 Å². The van der Waals surface area contributed by atoms with Gasteiger partial charge in [-0.05, 0) is 11.6 Å². The summed E-state index contributed by atoms with van der Waals surface area (Å²) >= 11 is 2.89. The molecule has 0 N–H and O–H groups in total. The summed E-state index contributed by atoms with van der Waals surface area (Å²) in [4.78, 5) is 18.5. The third-order valence-corrected chi connectivity index (χ3v) is 5.55. The zero-order valence-electron chi connectivity index (χ0n) is 12.9. The van der Waals surface area contributed by atoms with Crippen LogP contribution < -0.4 is 5.56 Å². The minimum Gasteiger partial charge on any atom is -0.283 e. The van der Waals surface area contributed by atoms with Crippen LogP contribution in [0.4, 0.5) is 0 Å². The average Bonchev–Trinajstić information content (AvgIpc) is 3.03. The molecule has 1 aromatic carbocycles. The van der Waals surface area contributed by atoms with E-state index < -0.39 is 0 Å². The van der Waals surface area contributed by atoms with Crippen LogP contribution in [0.2, 0.25) is 0 Å². The van der Waals surface area contributed by atoms with Crippen molar-refractivity contribution in [1.29, 1.82) is 5.26 Å². The Labute approximate surface area is 148 Å². The lowest BCUT2D eigenvalue weighted by Crippen LogP contribution is -2.21. The van der Waals surface area contributed by atoms with Crippen molar-refractivity contribution in [3.05, 3.63) is 59.4 Å². The number of allylic oxidation sites excluding steroid dienone is 1. The van der Waals surface area contributed by atoms with E-state index in [0.717, 1.165) is 10.4 Å². The fourth-order valence-electron chi connectivity index (χ4n) is 2.32. The number of hydrogen-bond acceptors (Lipinski definition) is 5. The normalized spacial score (nSPS) is 10.6. The first kappa shape index (κ1) is 16.5. The Morgan fingerprint density at radius 3 is 2.88 bits per heavy atom. The standard InChI is InChI=1S/C18H15N3OS2/c1-2-10-21-17(22)16-14(20-18(21)23-11-6-9-19)12-15(24-16)13-7-4-3-5-8-13/h2-5,7-8,12H,1,6,10-11H2. The van der Waals surface area contributed by atoms with Gasteiger partial charge in [-0.3, -0.25) is 9.36 Å². The highest BCUT2D eigenvalue weighted by atomic mass is 32.2. The minimum absolute atomic E-state index is 0.0495. The Morgan fingerprint density at radius 1 is 1.38 bits per heavy atom. The van der Waals surface area contributed by atoms with E-state index in [2.05, 4.69) is 17.6 Å². The van der Waals surface area contributed by atoms with Crippen LogP contribution in [0, 0.1) is 11.3 Å². The van der Waals surface area contributed by atoms with Gasteiger partial charge in [0, 0.05) is 23.6 Å². The van der Waals surface area contributed by atoms with Gasteiger partial charge in [0.2, 0.25) is 0 Å². The van der Waals surface area contributed by atoms with Crippen LogP contribution in [0.3, 0.4) is 0 Å². The van der Waals surface area contributed by atoms with Gasteiger partial charge in [-0.1, -0.05) is 48.2 Å². The van der Waals surface area contributed by atoms with E-state index in [0.29, 0.717) is 34.1 Å². The summed E-state index contributed by atoms with van der Waals surface area (Å²) in [6, 6.07) is 14.0. The topological polar surface area (TPSA) is 58.7 Å². The lowest BCUT2D eigenvalue weighted by Gasteiger charge is -2.08. The van der Waals surface area contributed by atoms with Crippen molar-refractivity contribution in [2.24, 2.45) is 0 Å². The van der Waals surface area contributed by atoms with E-state index in [9.17, 15) is 4.79 Å². The second kappa shape index (κ2) is 7.47. The number of thioether (sulfide) groups is 1. The molecular formula is C18H15N3OS2. The summed E-state index contributed by atoms with van der Waals surface area (Å²) in [6.07, 6.45) is 2.11. The van der Waals surface area contributed by atoms with Crippen molar-refractivity contribution >= 4 is 33.3 Å². The molecule has 0 aliphatic heterocycles. The molecule has 0 bridgehead atoms. The highest BCUT2D eigenvalue weighted by molar-refractivity contribution is 7.99. The molecule has 4 nitrogen and oxygen atoms in total. The van der Waals surface area contributed by atoms with E-state index in [-0.39, 0.29) is 5.56 Å². The molecule has 2 aromatic heterocycles. The van der Waals surface area contributed by atoms with Crippen LogP contribution >= 0.6 is 23.1 Å². The molecule has 0 aliphatic carbocycles. The largest absolute Gasteiger partial charge is 0.283 e. The molecule has 0 atom stereocenters. The zero-order valence-corrected chi connectivity index (χ0v) is 14.6. The van der Waals surface area contributed by atoms with Gasteiger partial charge in [0.05, 0.1) is 11.6 Å². The number of thiophene rings is 1. The second-order valence-corrected chi connectivity index (χ2v) is 7.16. The molecule has 120 valence electrons. The van der Waals surface area contributed by atoms with E-state index in [4.69, 9.17) is 5.26 Å². The molecule has 2 heterocycles. The Kier molecular flexibility index (Phi) is 5.14. The summed E-state index contributed by atoms with van der Waals surface area (Å²) in [6.45, 7) is 4.13. The molecule has 3 aromatic rings. The molecule has 0 fully saturated rings. The van der Waals surface area contributed by atoms with Crippen LogP contribution in [0.15, 0.2) is 59.0 Å². The Bertz CT molecular complexity index is 968. The number of rotatable bonds is 6. The Morgan fingerprint density at radius 2 is 2.17 bits per heavy atom. The van der Waals surface area contributed by atoms with Gasteiger partial charge in [-0.2, -0.15) is 5.26 Å². The maximum Gasteiger partial charge on any atom is 0.272 e. The zero-order chi connectivity index (χ0) is 16.9. The summed E-state index contributed by atoms with van der Waals surface area (Å²) in [7, 11) is 0. The monoisotopic (exact) mass is 353 g/mol. The first-order valence-electron chi connectivity index (χ1n) is 7.45. The Balaban J connectivity index is 2.11. The molecular weight excluding hydrogens is 338 g/mol. The first-order valence-corrected chi connectivity index (χ1v) is 9.25. The van der Waals surface area contributed by atoms with E-state index in [1.54, 1.807) is 10.6 Å². The van der Waals surface area contributed by atoms with Crippen molar-refractivity contribution in [2.75, 3.05) is 5.75 Å². The highest BCUT2D eigenvalue weighted by Crippen LogP contribution is 2.31. The van der Waals surface area contributed by atoms with Gasteiger partial charge >= 0.3 is 0 Å². The maximum atomic E-state index is 12.8. The summed E-state index contributed by atoms with van der Waals surface area (Å²) in [5, 5.41) is 9.34. The second-order valence-electron chi connectivity index (χ2n) is 5.05. The van der Waals surface area contributed by atoms with Crippen LogP contribution in [0.5, 0.6) is 0 Å². The summed E-state index contributed by atoms with van der Waals surface area (Å²) < 4.78 is 2.28. The molecule has 6 heteroatoms. The minimum atomic E-state index is -0.0495. The number of aromatic nitrogens is 2. The molecule has 3 rings (SSSR count). The van der Waals surface area contributed by atoms with Crippen molar-refractivity contribution in [3.63, 3.8) is 0 Å². The maximum absolute atomic E-state index is 12.8. The number of benzene rings is 1. The highest BCUT2D eigenvalue weighted by Gasteiger charge is 2.14. The quantitative estimate of drug-likeness (QED) is 0.287. The van der Waals surface area contributed by atoms with Gasteiger partial charge in [0.1, 0.15) is 4.70 Å². The van der Waals surface area contributed by atoms with Crippen LogP contribution in [0.25, 0.3) is 20.7 Å². The van der Waals surface area contributed by atoms with Gasteiger partial charge in [-0.15, -0.1) is 17.9 Å². The van der Waals surface area contributed by atoms with Crippen LogP contribution in [-0.4, -0.2) is 15.3 Å². The molecule has 0 unspecified atom stereocenters. The van der Waals surface area contributed by atoms with E-state index >= 15 is 0 Å². The number of nitriles is 1. The lowest BCUT2D eigenvalue weighted by molar-refractivity contribution is 0.673. The van der Waals surface area contributed by atoms with E-state index in [1.165, 1.54) is 23.1 Å². The van der Waals surface area contributed by atoms with Gasteiger partial charge in [-0.25, -0.2) is 4.98 Å². The third kappa shape index (κ3) is 3.28. The van der Waals surface area contributed by atoms with E-state index in [1.807, 2.05) is 36.4 Å². The van der Waals surface area contributed by atoms with Crippen LogP contribution in [-0.2, 0) is 6.54 Å². The van der Waals surface area contributed by atoms with Crippen molar-refractivity contribution in [2.45, 2.75) is 18.1 Å². The van der Waals surface area contributed by atoms with Crippen molar-refractivity contribution < 1.29 is 0 Å². The molecule has 24 heavy (non-hydrogen) atoms. The fraction of sp³-hybridized carbons (Fsp3) is 0.167. The number of fused-ring (bicyclic) bond motifs is 1.